The third-order valence-electron chi connectivity index (χ3n) is 1.99. The van der Waals surface area contributed by atoms with Crippen molar-refractivity contribution in [1.82, 2.24) is 0 Å². The van der Waals surface area contributed by atoms with Gasteiger partial charge in [0, 0.05) is 5.69 Å². The zero-order valence-electron chi connectivity index (χ0n) is 8.86. The zero-order valence-corrected chi connectivity index (χ0v) is 8.86. The van der Waals surface area contributed by atoms with Gasteiger partial charge in [-0.2, -0.15) is 27.2 Å². The number of nitrogens with one attached hydrogen (secondary N) is 1. The van der Waals surface area contributed by atoms with Crippen molar-refractivity contribution in [2.45, 2.75) is 12.1 Å². The summed E-state index contributed by atoms with van der Waals surface area (Å²) in [6.45, 7) is 0. The lowest BCUT2D eigenvalue weighted by Crippen LogP contribution is -2.47. The van der Waals surface area contributed by atoms with Crippen LogP contribution in [0.5, 0.6) is 0 Å². The van der Waals surface area contributed by atoms with Crippen LogP contribution < -0.4 is 5.32 Å². The fourth-order valence-electron chi connectivity index (χ4n) is 1.03. The highest BCUT2D eigenvalue weighted by Crippen LogP contribution is 2.36. The molecule has 0 atom stereocenters. The third kappa shape index (κ3) is 2.96. The maximum atomic E-state index is 12.9. The minimum atomic E-state index is -6.05. The molecule has 0 bridgehead atoms. The second-order valence-electron chi connectivity index (χ2n) is 3.33. The standard InChI is InChI=1S/C10H4F6N2O/c11-7-2-1-6(3-5(7)4-17)18-8(19)9(12,13)10(14,15)16/h1-3H,(H,18,19). The number of hydrogen-bond donors (Lipinski definition) is 1. The van der Waals surface area contributed by atoms with Crippen LogP contribution in [0.2, 0.25) is 0 Å². The van der Waals surface area contributed by atoms with E-state index in [1.54, 1.807) is 0 Å². The van der Waals surface area contributed by atoms with Gasteiger partial charge in [0.15, 0.2) is 0 Å². The quantitative estimate of drug-likeness (QED) is 0.848. The van der Waals surface area contributed by atoms with Crippen LogP contribution >= 0.6 is 0 Å². The molecule has 0 aliphatic carbocycles. The van der Waals surface area contributed by atoms with Crippen molar-refractivity contribution in [3.63, 3.8) is 0 Å². The van der Waals surface area contributed by atoms with E-state index in [1.165, 1.54) is 11.4 Å². The van der Waals surface area contributed by atoms with Gasteiger partial charge in [-0.1, -0.05) is 0 Å². The van der Waals surface area contributed by atoms with Gasteiger partial charge < -0.3 is 5.32 Å². The molecule has 3 nitrogen and oxygen atoms in total. The van der Waals surface area contributed by atoms with Crippen molar-refractivity contribution >= 4 is 11.6 Å². The number of carbonyl (C=O) groups is 1. The van der Waals surface area contributed by atoms with Gasteiger partial charge in [-0.15, -0.1) is 0 Å². The lowest BCUT2D eigenvalue weighted by Gasteiger charge is -2.18. The van der Waals surface area contributed by atoms with Gasteiger partial charge in [0.2, 0.25) is 0 Å². The van der Waals surface area contributed by atoms with Crippen LogP contribution in [0, 0.1) is 17.1 Å². The maximum absolute atomic E-state index is 12.9. The number of nitrogens with zero attached hydrogens (tertiary/aromatic N) is 1. The summed E-state index contributed by atoms with van der Waals surface area (Å²) < 4.78 is 73.7. The van der Waals surface area contributed by atoms with Gasteiger partial charge in [0.1, 0.15) is 11.9 Å². The number of alkyl halides is 5. The van der Waals surface area contributed by atoms with Gasteiger partial charge in [-0.25, -0.2) is 4.39 Å². The van der Waals surface area contributed by atoms with Crippen LogP contribution in [0.25, 0.3) is 0 Å². The Labute approximate surface area is 102 Å². The molecule has 0 aromatic heterocycles. The smallest absolute Gasteiger partial charge is 0.320 e. The summed E-state index contributed by atoms with van der Waals surface area (Å²) in [5, 5.41) is 9.70. The lowest BCUT2D eigenvalue weighted by molar-refractivity contribution is -0.267. The second-order valence-corrected chi connectivity index (χ2v) is 3.33. The molecule has 102 valence electrons. The number of benzene rings is 1. The van der Waals surface area contributed by atoms with E-state index < -0.39 is 35.1 Å². The van der Waals surface area contributed by atoms with Crippen LogP contribution in [0.4, 0.5) is 32.0 Å². The van der Waals surface area contributed by atoms with Gasteiger partial charge in [-0.3, -0.25) is 4.79 Å². The largest absolute Gasteiger partial charge is 0.463 e. The Morgan fingerprint density at radius 1 is 1.21 bits per heavy atom. The number of carbonyl (C=O) groups excluding carboxylic acids is 1. The molecule has 19 heavy (non-hydrogen) atoms. The average molecular weight is 282 g/mol. The fourth-order valence-corrected chi connectivity index (χ4v) is 1.03. The Morgan fingerprint density at radius 2 is 1.79 bits per heavy atom. The highest BCUT2D eigenvalue weighted by atomic mass is 19.4. The molecule has 0 saturated carbocycles. The molecule has 9 heteroatoms. The van der Waals surface area contributed by atoms with Gasteiger partial charge in [0.25, 0.3) is 0 Å². The van der Waals surface area contributed by atoms with E-state index in [1.807, 2.05) is 0 Å². The van der Waals surface area contributed by atoms with E-state index in [4.69, 9.17) is 5.26 Å². The molecule has 0 spiro atoms. The predicted octanol–water partition coefficient (Wildman–Crippen LogP) is 2.83. The molecule has 0 unspecified atom stereocenters. The molecule has 0 aliphatic rings. The molecule has 1 rings (SSSR count). The summed E-state index contributed by atoms with van der Waals surface area (Å²) in [4.78, 5) is 10.8. The molecule has 1 N–H and O–H groups in total. The highest BCUT2D eigenvalue weighted by Gasteiger charge is 2.63. The van der Waals surface area contributed by atoms with Crippen molar-refractivity contribution in [1.29, 1.82) is 5.26 Å². The summed E-state index contributed by atoms with van der Waals surface area (Å²) >= 11 is 0. The van der Waals surface area contributed by atoms with Crippen molar-refractivity contribution < 1.29 is 31.1 Å². The number of amides is 1. The topological polar surface area (TPSA) is 52.9 Å². The van der Waals surface area contributed by atoms with E-state index in [0.717, 1.165) is 6.07 Å². The Balaban J connectivity index is 2.99. The number of anilines is 1. The predicted molar refractivity (Wildman–Crippen MR) is 50.7 cm³/mol. The molecule has 1 amide bonds. The number of hydrogen-bond acceptors (Lipinski definition) is 2. The van der Waals surface area contributed by atoms with E-state index in [2.05, 4.69) is 0 Å². The Bertz CT molecular complexity index is 546. The molecule has 0 radical (unpaired) electrons. The first-order valence-electron chi connectivity index (χ1n) is 4.55. The summed E-state index contributed by atoms with van der Waals surface area (Å²) in [6.07, 6.45) is -6.05. The fraction of sp³-hybridized carbons (Fsp3) is 0.200. The molecule has 1 aromatic rings. The van der Waals surface area contributed by atoms with Crippen molar-refractivity contribution in [2.75, 3.05) is 5.32 Å². The highest BCUT2D eigenvalue weighted by molar-refractivity contribution is 5.96. The number of rotatable bonds is 2. The number of nitriles is 1. The van der Waals surface area contributed by atoms with Gasteiger partial charge in [0.05, 0.1) is 5.56 Å². The molecule has 0 aliphatic heterocycles. The van der Waals surface area contributed by atoms with E-state index in [-0.39, 0.29) is 0 Å². The van der Waals surface area contributed by atoms with Crippen LogP contribution in [0.3, 0.4) is 0 Å². The zero-order chi connectivity index (χ0) is 14.8. The Hall–Kier alpha value is -2.24. The first kappa shape index (κ1) is 14.8. The Morgan fingerprint density at radius 3 is 2.26 bits per heavy atom. The molecule has 0 fully saturated rings. The van der Waals surface area contributed by atoms with Gasteiger partial charge in [-0.05, 0) is 18.2 Å². The average Bonchev–Trinajstić information content (AvgIpc) is 2.30. The van der Waals surface area contributed by atoms with Crippen molar-refractivity contribution in [3.05, 3.63) is 29.6 Å². The van der Waals surface area contributed by atoms with Crippen LogP contribution in [-0.4, -0.2) is 18.0 Å². The normalized spacial score (nSPS) is 11.8. The van der Waals surface area contributed by atoms with Crippen molar-refractivity contribution in [3.8, 4) is 6.07 Å². The molecular formula is C10H4F6N2O. The summed E-state index contributed by atoms with van der Waals surface area (Å²) in [7, 11) is 0. The third-order valence-corrected chi connectivity index (χ3v) is 1.99. The second kappa shape index (κ2) is 4.79. The van der Waals surface area contributed by atoms with Crippen LogP contribution in [-0.2, 0) is 4.79 Å². The minimum absolute atomic E-state index is 0.549. The summed E-state index contributed by atoms with van der Waals surface area (Å²) in [6, 6.07) is 3.38. The first-order chi connectivity index (χ1) is 8.59. The van der Waals surface area contributed by atoms with Gasteiger partial charge >= 0.3 is 18.0 Å². The van der Waals surface area contributed by atoms with E-state index in [0.29, 0.717) is 12.1 Å². The molecule has 1 aromatic carbocycles. The number of halogens is 6. The van der Waals surface area contributed by atoms with E-state index >= 15 is 0 Å². The molecular weight excluding hydrogens is 278 g/mol. The summed E-state index contributed by atoms with van der Waals surface area (Å²) in [5.41, 5.74) is -1.15. The monoisotopic (exact) mass is 282 g/mol. The van der Waals surface area contributed by atoms with Crippen LogP contribution in [0.1, 0.15) is 5.56 Å². The Kier molecular flexibility index (Phi) is 3.74. The SMILES string of the molecule is N#Cc1cc(NC(=O)C(F)(F)C(F)(F)F)ccc1F. The molecule has 0 heterocycles. The van der Waals surface area contributed by atoms with Crippen LogP contribution in [0.15, 0.2) is 18.2 Å². The lowest BCUT2D eigenvalue weighted by atomic mass is 10.2. The molecule has 0 saturated heterocycles. The van der Waals surface area contributed by atoms with Crippen molar-refractivity contribution in [2.24, 2.45) is 0 Å². The first-order valence-corrected chi connectivity index (χ1v) is 4.55. The summed E-state index contributed by atoms with van der Waals surface area (Å²) in [5.74, 6) is -9.20. The maximum Gasteiger partial charge on any atom is 0.463 e. The van der Waals surface area contributed by atoms with E-state index in [9.17, 15) is 31.1 Å². The minimum Gasteiger partial charge on any atom is -0.320 e.